The Balaban J connectivity index is 2.01. The number of nitrogens with one attached hydrogen (secondary N) is 1. The molecule has 0 spiro atoms. The Labute approximate surface area is 106 Å². The van der Waals surface area contributed by atoms with Crippen molar-refractivity contribution in [2.75, 3.05) is 19.4 Å². The van der Waals surface area contributed by atoms with Crippen LogP contribution in [0.25, 0.3) is 0 Å². The SMILES string of the molecule is CNC(=O)c1ccccc1SC[C@@H]1CCCO1. The van der Waals surface area contributed by atoms with Crippen molar-refractivity contribution in [2.24, 2.45) is 0 Å². The molecule has 17 heavy (non-hydrogen) atoms. The first-order chi connectivity index (χ1) is 8.31. The molecule has 1 aliphatic heterocycles. The molecule has 3 nitrogen and oxygen atoms in total. The molecule has 0 bridgehead atoms. The lowest BCUT2D eigenvalue weighted by Gasteiger charge is -2.11. The normalized spacial score (nSPS) is 19.2. The van der Waals surface area contributed by atoms with E-state index in [1.807, 2.05) is 24.3 Å². The van der Waals surface area contributed by atoms with E-state index in [-0.39, 0.29) is 5.91 Å². The van der Waals surface area contributed by atoms with Gasteiger partial charge in [-0.05, 0) is 25.0 Å². The molecule has 1 aromatic rings. The van der Waals surface area contributed by atoms with Crippen LogP contribution in [0.4, 0.5) is 0 Å². The standard InChI is InChI=1S/C13H17NO2S/c1-14-13(15)11-6-2-3-7-12(11)17-9-10-5-4-8-16-10/h2-3,6-7,10H,4-5,8-9H2,1H3,(H,14,15)/t10-/m0/s1. The molecule has 1 fully saturated rings. The number of hydrogen-bond acceptors (Lipinski definition) is 3. The average Bonchev–Trinajstić information content (AvgIpc) is 2.89. The third-order valence-electron chi connectivity index (χ3n) is 2.81. The van der Waals surface area contributed by atoms with Gasteiger partial charge in [-0.25, -0.2) is 0 Å². The molecule has 4 heteroatoms. The molecule has 1 saturated heterocycles. The molecule has 1 amide bonds. The van der Waals surface area contributed by atoms with Crippen LogP contribution >= 0.6 is 11.8 Å². The van der Waals surface area contributed by atoms with E-state index in [0.29, 0.717) is 6.10 Å². The Kier molecular flexibility index (Phi) is 4.45. The van der Waals surface area contributed by atoms with E-state index in [2.05, 4.69) is 5.32 Å². The number of hydrogen-bond donors (Lipinski definition) is 1. The number of carbonyl (C=O) groups excluding carboxylic acids is 1. The first-order valence-electron chi connectivity index (χ1n) is 5.87. The molecule has 0 aromatic heterocycles. The predicted octanol–water partition coefficient (Wildman–Crippen LogP) is 2.32. The zero-order valence-electron chi connectivity index (χ0n) is 9.94. The summed E-state index contributed by atoms with van der Waals surface area (Å²) in [6.07, 6.45) is 2.63. The molecule has 1 N–H and O–H groups in total. The molecular weight excluding hydrogens is 234 g/mol. The van der Waals surface area contributed by atoms with E-state index in [1.54, 1.807) is 18.8 Å². The highest BCUT2D eigenvalue weighted by molar-refractivity contribution is 7.99. The zero-order valence-corrected chi connectivity index (χ0v) is 10.8. The Morgan fingerprint density at radius 1 is 1.53 bits per heavy atom. The summed E-state index contributed by atoms with van der Waals surface area (Å²) in [5.41, 5.74) is 0.748. The Morgan fingerprint density at radius 3 is 3.06 bits per heavy atom. The van der Waals surface area contributed by atoms with Gasteiger partial charge in [-0.1, -0.05) is 12.1 Å². The summed E-state index contributed by atoms with van der Waals surface area (Å²) in [4.78, 5) is 12.7. The molecular formula is C13H17NO2S. The lowest BCUT2D eigenvalue weighted by Crippen LogP contribution is -2.18. The van der Waals surface area contributed by atoms with Crippen LogP contribution in [0.5, 0.6) is 0 Å². The highest BCUT2D eigenvalue weighted by Crippen LogP contribution is 2.26. The van der Waals surface area contributed by atoms with Crippen molar-refractivity contribution < 1.29 is 9.53 Å². The first-order valence-corrected chi connectivity index (χ1v) is 6.85. The van der Waals surface area contributed by atoms with E-state index in [1.165, 1.54) is 0 Å². The van der Waals surface area contributed by atoms with E-state index >= 15 is 0 Å². The average molecular weight is 251 g/mol. The second-order valence-corrected chi connectivity index (χ2v) is 5.08. The molecule has 1 heterocycles. The monoisotopic (exact) mass is 251 g/mol. The summed E-state index contributed by atoms with van der Waals surface area (Å²) in [5.74, 6) is 0.897. The van der Waals surface area contributed by atoms with Gasteiger partial charge in [0, 0.05) is 24.3 Å². The fourth-order valence-corrected chi connectivity index (χ4v) is 2.99. The summed E-state index contributed by atoms with van der Waals surface area (Å²) < 4.78 is 5.58. The van der Waals surface area contributed by atoms with Crippen molar-refractivity contribution in [1.82, 2.24) is 5.32 Å². The minimum absolute atomic E-state index is 0.0274. The molecule has 0 unspecified atom stereocenters. The molecule has 1 aliphatic rings. The lowest BCUT2D eigenvalue weighted by atomic mass is 10.2. The topological polar surface area (TPSA) is 38.3 Å². The fourth-order valence-electron chi connectivity index (χ4n) is 1.87. The van der Waals surface area contributed by atoms with Crippen molar-refractivity contribution in [3.63, 3.8) is 0 Å². The van der Waals surface area contributed by atoms with Crippen LogP contribution in [-0.4, -0.2) is 31.4 Å². The number of carbonyl (C=O) groups is 1. The molecule has 0 radical (unpaired) electrons. The summed E-state index contributed by atoms with van der Waals surface area (Å²) in [6, 6.07) is 7.70. The van der Waals surface area contributed by atoms with E-state index < -0.39 is 0 Å². The van der Waals surface area contributed by atoms with Gasteiger partial charge in [0.2, 0.25) is 0 Å². The Hall–Kier alpha value is -1.00. The number of ether oxygens (including phenoxy) is 1. The largest absolute Gasteiger partial charge is 0.377 e. The minimum Gasteiger partial charge on any atom is -0.377 e. The predicted molar refractivity (Wildman–Crippen MR) is 69.5 cm³/mol. The first kappa shape index (κ1) is 12.5. The van der Waals surface area contributed by atoms with Gasteiger partial charge < -0.3 is 10.1 Å². The number of thioether (sulfide) groups is 1. The van der Waals surface area contributed by atoms with Crippen molar-refractivity contribution in [3.05, 3.63) is 29.8 Å². The molecule has 0 aliphatic carbocycles. The van der Waals surface area contributed by atoms with Crippen molar-refractivity contribution in [3.8, 4) is 0 Å². The summed E-state index contributed by atoms with van der Waals surface area (Å²) in [7, 11) is 1.66. The van der Waals surface area contributed by atoms with Crippen LogP contribution in [0.1, 0.15) is 23.2 Å². The Bertz CT molecular complexity index is 389. The van der Waals surface area contributed by atoms with Crippen LogP contribution in [0, 0.1) is 0 Å². The third kappa shape index (κ3) is 3.23. The summed E-state index contributed by atoms with van der Waals surface area (Å²) in [6.45, 7) is 0.877. The van der Waals surface area contributed by atoms with Gasteiger partial charge in [0.1, 0.15) is 0 Å². The summed E-state index contributed by atoms with van der Waals surface area (Å²) >= 11 is 1.70. The molecule has 2 rings (SSSR count). The second kappa shape index (κ2) is 6.07. The summed E-state index contributed by atoms with van der Waals surface area (Å²) in [5, 5.41) is 2.67. The smallest absolute Gasteiger partial charge is 0.252 e. The number of benzene rings is 1. The quantitative estimate of drug-likeness (QED) is 0.835. The highest BCUT2D eigenvalue weighted by atomic mass is 32.2. The van der Waals surface area contributed by atoms with Crippen LogP contribution in [0.15, 0.2) is 29.2 Å². The molecule has 92 valence electrons. The highest BCUT2D eigenvalue weighted by Gasteiger charge is 2.17. The van der Waals surface area contributed by atoms with Gasteiger partial charge in [-0.2, -0.15) is 0 Å². The zero-order chi connectivity index (χ0) is 12.1. The Morgan fingerprint density at radius 2 is 2.35 bits per heavy atom. The maximum Gasteiger partial charge on any atom is 0.252 e. The molecule has 0 saturated carbocycles. The van der Waals surface area contributed by atoms with Gasteiger partial charge in [0.05, 0.1) is 11.7 Å². The van der Waals surface area contributed by atoms with Gasteiger partial charge in [0.25, 0.3) is 5.91 Å². The van der Waals surface area contributed by atoms with E-state index in [0.717, 1.165) is 35.7 Å². The van der Waals surface area contributed by atoms with Crippen molar-refractivity contribution >= 4 is 17.7 Å². The van der Waals surface area contributed by atoms with Gasteiger partial charge in [-0.3, -0.25) is 4.79 Å². The maximum atomic E-state index is 11.7. The minimum atomic E-state index is -0.0274. The molecule has 1 atom stereocenters. The fraction of sp³-hybridized carbons (Fsp3) is 0.462. The molecule has 1 aromatic carbocycles. The lowest BCUT2D eigenvalue weighted by molar-refractivity contribution is 0.0960. The van der Waals surface area contributed by atoms with E-state index in [4.69, 9.17) is 4.74 Å². The van der Waals surface area contributed by atoms with E-state index in [9.17, 15) is 4.79 Å². The van der Waals surface area contributed by atoms with Crippen molar-refractivity contribution in [1.29, 1.82) is 0 Å². The third-order valence-corrected chi connectivity index (χ3v) is 4.01. The van der Waals surface area contributed by atoms with Crippen LogP contribution in [0.2, 0.25) is 0 Å². The van der Waals surface area contributed by atoms with Crippen LogP contribution in [-0.2, 0) is 4.74 Å². The second-order valence-electron chi connectivity index (χ2n) is 4.02. The number of amides is 1. The van der Waals surface area contributed by atoms with Gasteiger partial charge in [-0.15, -0.1) is 11.8 Å². The van der Waals surface area contributed by atoms with Gasteiger partial charge >= 0.3 is 0 Å². The van der Waals surface area contributed by atoms with Gasteiger partial charge in [0.15, 0.2) is 0 Å². The maximum absolute atomic E-state index is 11.7. The van der Waals surface area contributed by atoms with Crippen molar-refractivity contribution in [2.45, 2.75) is 23.8 Å². The van der Waals surface area contributed by atoms with Crippen LogP contribution < -0.4 is 5.32 Å². The van der Waals surface area contributed by atoms with Crippen LogP contribution in [0.3, 0.4) is 0 Å². The number of rotatable bonds is 4.